The quantitative estimate of drug-likeness (QED) is 0.381. The van der Waals surface area contributed by atoms with Crippen LogP contribution in [0.3, 0.4) is 0 Å². The highest BCUT2D eigenvalue weighted by Crippen LogP contribution is 2.38. The molecule has 0 amide bonds. The van der Waals surface area contributed by atoms with E-state index in [1.807, 2.05) is 19.1 Å². The number of halogens is 1. The number of aliphatic imine (C=N–C) groups is 1. The minimum atomic E-state index is 0. The van der Waals surface area contributed by atoms with Crippen LogP contribution in [0.2, 0.25) is 0 Å². The van der Waals surface area contributed by atoms with Crippen LogP contribution in [0.15, 0.2) is 17.1 Å². The molecule has 1 fully saturated rings. The number of hydrogen-bond donors (Lipinski definition) is 2. The zero-order chi connectivity index (χ0) is 16.8. The van der Waals surface area contributed by atoms with Crippen molar-refractivity contribution in [2.75, 3.05) is 27.9 Å². The summed E-state index contributed by atoms with van der Waals surface area (Å²) in [4.78, 5) is 4.26. The fourth-order valence-electron chi connectivity index (χ4n) is 2.40. The molecule has 24 heavy (non-hydrogen) atoms. The lowest BCUT2D eigenvalue weighted by Crippen LogP contribution is -2.38. The van der Waals surface area contributed by atoms with E-state index >= 15 is 0 Å². The molecule has 2 rings (SSSR count). The third kappa shape index (κ3) is 5.32. The maximum atomic E-state index is 5.62. The maximum Gasteiger partial charge on any atom is 0.203 e. The van der Waals surface area contributed by atoms with Crippen LogP contribution in [0.5, 0.6) is 17.2 Å². The van der Waals surface area contributed by atoms with Crippen molar-refractivity contribution in [2.45, 2.75) is 32.9 Å². The van der Waals surface area contributed by atoms with Gasteiger partial charge in [0.15, 0.2) is 17.5 Å². The van der Waals surface area contributed by atoms with Gasteiger partial charge in [-0.05, 0) is 37.0 Å². The van der Waals surface area contributed by atoms with Crippen LogP contribution in [-0.2, 0) is 6.54 Å². The molecule has 1 aliphatic rings. The van der Waals surface area contributed by atoms with Gasteiger partial charge in [-0.2, -0.15) is 0 Å². The van der Waals surface area contributed by atoms with Gasteiger partial charge in [0.25, 0.3) is 0 Å². The Morgan fingerprint density at radius 3 is 2.25 bits per heavy atom. The molecule has 0 saturated heterocycles. The van der Waals surface area contributed by atoms with E-state index in [4.69, 9.17) is 14.2 Å². The molecule has 0 spiro atoms. The van der Waals surface area contributed by atoms with Crippen molar-refractivity contribution in [3.8, 4) is 17.2 Å². The fourth-order valence-corrected chi connectivity index (χ4v) is 2.40. The minimum Gasteiger partial charge on any atom is -0.493 e. The van der Waals surface area contributed by atoms with E-state index in [1.54, 1.807) is 21.3 Å². The van der Waals surface area contributed by atoms with Crippen molar-refractivity contribution in [3.63, 3.8) is 0 Å². The average Bonchev–Trinajstić information content (AvgIpc) is 3.26. The second-order valence-corrected chi connectivity index (χ2v) is 5.65. The molecule has 1 aromatic rings. The first kappa shape index (κ1) is 20.7. The van der Waals surface area contributed by atoms with Gasteiger partial charge in [0.2, 0.25) is 5.75 Å². The summed E-state index contributed by atoms with van der Waals surface area (Å²) in [5, 5.41) is 6.72. The van der Waals surface area contributed by atoms with Gasteiger partial charge in [0, 0.05) is 19.6 Å². The molecule has 1 saturated carbocycles. The average molecular weight is 449 g/mol. The topological polar surface area (TPSA) is 64.1 Å². The molecule has 136 valence electrons. The molecular weight excluding hydrogens is 421 g/mol. The van der Waals surface area contributed by atoms with Gasteiger partial charge in [-0.15, -0.1) is 24.0 Å². The van der Waals surface area contributed by atoms with E-state index < -0.39 is 0 Å². The summed E-state index contributed by atoms with van der Waals surface area (Å²) < 4.78 is 16.5. The third-order valence-electron chi connectivity index (χ3n) is 3.92. The number of guanidine groups is 1. The van der Waals surface area contributed by atoms with Gasteiger partial charge in [-0.25, -0.2) is 0 Å². The Bertz CT molecular complexity index is 541. The first-order chi connectivity index (χ1) is 11.1. The standard InChI is InChI=1S/C17H27N3O3.HI/c1-6-23-16-14(21-4)8-12(9-15(16)22-5)10-19-17(18-3)20-13-7-11(13)2;/h8-9,11,13H,6-7,10H2,1-5H3,(H2,18,19,20);1H. The summed E-state index contributed by atoms with van der Waals surface area (Å²) in [5.41, 5.74) is 1.04. The van der Waals surface area contributed by atoms with Crippen LogP contribution in [0.4, 0.5) is 0 Å². The smallest absolute Gasteiger partial charge is 0.203 e. The number of rotatable bonds is 7. The SMILES string of the molecule is CCOc1c(OC)cc(CNC(=NC)NC2CC2C)cc1OC.I. The van der Waals surface area contributed by atoms with Crippen molar-refractivity contribution in [1.82, 2.24) is 10.6 Å². The zero-order valence-electron chi connectivity index (χ0n) is 15.0. The predicted molar refractivity (Wildman–Crippen MR) is 107 cm³/mol. The first-order valence-electron chi connectivity index (χ1n) is 7.97. The molecule has 2 unspecified atom stereocenters. The Morgan fingerprint density at radius 2 is 1.83 bits per heavy atom. The summed E-state index contributed by atoms with van der Waals surface area (Å²) in [5.74, 6) is 3.50. The Morgan fingerprint density at radius 1 is 1.25 bits per heavy atom. The van der Waals surface area contributed by atoms with Crippen molar-refractivity contribution in [1.29, 1.82) is 0 Å². The monoisotopic (exact) mass is 449 g/mol. The summed E-state index contributed by atoms with van der Waals surface area (Å²) in [6.07, 6.45) is 1.20. The normalized spacial score (nSPS) is 19.1. The van der Waals surface area contributed by atoms with Gasteiger partial charge in [0.1, 0.15) is 0 Å². The zero-order valence-corrected chi connectivity index (χ0v) is 17.3. The summed E-state index contributed by atoms with van der Waals surface area (Å²) in [6, 6.07) is 4.44. The van der Waals surface area contributed by atoms with Crippen LogP contribution < -0.4 is 24.8 Å². The van der Waals surface area contributed by atoms with Gasteiger partial charge >= 0.3 is 0 Å². The summed E-state index contributed by atoms with van der Waals surface area (Å²) >= 11 is 0. The molecular formula is C17H28IN3O3. The van der Waals surface area contributed by atoms with E-state index in [0.29, 0.717) is 36.4 Å². The molecule has 0 bridgehead atoms. The number of benzene rings is 1. The minimum absolute atomic E-state index is 0. The highest BCUT2D eigenvalue weighted by atomic mass is 127. The maximum absolute atomic E-state index is 5.62. The second-order valence-electron chi connectivity index (χ2n) is 5.65. The van der Waals surface area contributed by atoms with Crippen LogP contribution in [0.1, 0.15) is 25.8 Å². The van der Waals surface area contributed by atoms with Crippen LogP contribution in [-0.4, -0.2) is 39.9 Å². The Labute approximate surface area is 161 Å². The molecule has 0 aromatic heterocycles. The number of nitrogens with one attached hydrogen (secondary N) is 2. The van der Waals surface area contributed by atoms with E-state index in [-0.39, 0.29) is 24.0 Å². The Kier molecular flexibility index (Phi) is 8.44. The van der Waals surface area contributed by atoms with Crippen LogP contribution in [0.25, 0.3) is 0 Å². The second kappa shape index (κ2) is 9.80. The number of hydrogen-bond acceptors (Lipinski definition) is 4. The van der Waals surface area contributed by atoms with Gasteiger partial charge in [-0.3, -0.25) is 4.99 Å². The van der Waals surface area contributed by atoms with Gasteiger partial charge < -0.3 is 24.8 Å². The highest BCUT2D eigenvalue weighted by molar-refractivity contribution is 14.0. The number of ether oxygens (including phenoxy) is 3. The van der Waals surface area contributed by atoms with Crippen molar-refractivity contribution in [2.24, 2.45) is 10.9 Å². The fraction of sp³-hybridized carbons (Fsp3) is 0.588. The van der Waals surface area contributed by atoms with E-state index in [9.17, 15) is 0 Å². The lowest BCUT2D eigenvalue weighted by atomic mass is 10.2. The van der Waals surface area contributed by atoms with Crippen molar-refractivity contribution >= 4 is 29.9 Å². The lowest BCUT2D eigenvalue weighted by Gasteiger charge is -2.16. The Hall–Kier alpha value is -1.38. The van der Waals surface area contributed by atoms with Crippen molar-refractivity contribution < 1.29 is 14.2 Å². The number of nitrogens with zero attached hydrogens (tertiary/aromatic N) is 1. The molecule has 2 atom stereocenters. The van der Waals surface area contributed by atoms with Crippen molar-refractivity contribution in [3.05, 3.63) is 17.7 Å². The third-order valence-corrected chi connectivity index (χ3v) is 3.92. The van der Waals surface area contributed by atoms with Gasteiger partial charge in [-0.1, -0.05) is 6.92 Å². The molecule has 7 heteroatoms. The highest BCUT2D eigenvalue weighted by Gasteiger charge is 2.33. The van der Waals surface area contributed by atoms with Crippen LogP contribution >= 0.6 is 24.0 Å². The molecule has 2 N–H and O–H groups in total. The molecule has 0 heterocycles. The van der Waals surface area contributed by atoms with E-state index in [0.717, 1.165) is 17.4 Å². The molecule has 0 aliphatic heterocycles. The lowest BCUT2D eigenvalue weighted by molar-refractivity contribution is 0.288. The molecule has 0 radical (unpaired) electrons. The summed E-state index contributed by atoms with van der Waals surface area (Å²) in [6.45, 7) is 5.34. The largest absolute Gasteiger partial charge is 0.493 e. The molecule has 6 nitrogen and oxygen atoms in total. The number of methoxy groups -OCH3 is 2. The van der Waals surface area contributed by atoms with E-state index in [1.165, 1.54) is 6.42 Å². The summed E-state index contributed by atoms with van der Waals surface area (Å²) in [7, 11) is 5.04. The molecule has 1 aromatic carbocycles. The van der Waals surface area contributed by atoms with Crippen LogP contribution in [0, 0.1) is 5.92 Å². The Balaban J connectivity index is 0.00000288. The van der Waals surface area contributed by atoms with E-state index in [2.05, 4.69) is 22.5 Å². The first-order valence-corrected chi connectivity index (χ1v) is 7.97. The molecule has 1 aliphatic carbocycles. The predicted octanol–water partition coefficient (Wildman–Crippen LogP) is 2.79. The van der Waals surface area contributed by atoms with Gasteiger partial charge in [0.05, 0.1) is 20.8 Å².